The van der Waals surface area contributed by atoms with Crippen molar-refractivity contribution in [1.82, 2.24) is 4.90 Å². The van der Waals surface area contributed by atoms with Gasteiger partial charge in [0.15, 0.2) is 0 Å². The van der Waals surface area contributed by atoms with Crippen molar-refractivity contribution in [3.05, 3.63) is 65.5 Å². The summed E-state index contributed by atoms with van der Waals surface area (Å²) in [6.45, 7) is 6.51. The molecule has 2 aromatic carbocycles. The van der Waals surface area contributed by atoms with Gasteiger partial charge in [0.2, 0.25) is 0 Å². The average molecular weight is 352 g/mol. The maximum absolute atomic E-state index is 13.6. The van der Waals surface area contributed by atoms with Crippen LogP contribution in [0.2, 0.25) is 0 Å². The minimum absolute atomic E-state index is 0.155. The summed E-state index contributed by atoms with van der Waals surface area (Å²) in [5.41, 5.74) is 1.42. The van der Waals surface area contributed by atoms with Crippen LogP contribution in [-0.2, 0) is 12.0 Å². The number of likely N-dealkylation sites (tertiary alicyclic amines) is 1. The standard InChI is InChI=1S/C22H25FN2O/c1-17(2)26-21-8-3-5-18(13-21)15-25-11-9-22(16-24,10-12-25)19-6-4-7-20(23)14-19/h3-8,13-14,17H,9-12,15H2,1-2H3. The predicted octanol–water partition coefficient (Wildman–Crippen LogP) is 4.67. The van der Waals surface area contributed by atoms with E-state index in [2.05, 4.69) is 23.1 Å². The number of piperidine rings is 1. The van der Waals surface area contributed by atoms with Crippen LogP contribution < -0.4 is 4.74 Å². The monoisotopic (exact) mass is 352 g/mol. The van der Waals surface area contributed by atoms with Gasteiger partial charge in [0.1, 0.15) is 11.6 Å². The second-order valence-electron chi connectivity index (χ2n) is 7.29. The van der Waals surface area contributed by atoms with Gasteiger partial charge in [0.05, 0.1) is 17.6 Å². The van der Waals surface area contributed by atoms with E-state index in [1.807, 2.05) is 32.0 Å². The van der Waals surface area contributed by atoms with Crippen molar-refractivity contribution in [3.63, 3.8) is 0 Å². The molecule has 136 valence electrons. The van der Waals surface area contributed by atoms with Gasteiger partial charge in [-0.05, 0) is 62.1 Å². The first-order chi connectivity index (χ1) is 12.5. The van der Waals surface area contributed by atoms with Gasteiger partial charge < -0.3 is 4.74 Å². The van der Waals surface area contributed by atoms with Crippen molar-refractivity contribution < 1.29 is 9.13 Å². The molecule has 1 aliphatic rings. The molecular weight excluding hydrogens is 327 g/mol. The second-order valence-corrected chi connectivity index (χ2v) is 7.29. The summed E-state index contributed by atoms with van der Waals surface area (Å²) in [6, 6.07) is 17.1. The number of nitrogens with zero attached hydrogens (tertiary/aromatic N) is 2. The molecule has 3 rings (SSSR count). The van der Waals surface area contributed by atoms with Gasteiger partial charge in [-0.1, -0.05) is 24.3 Å². The molecular formula is C22H25FN2O. The smallest absolute Gasteiger partial charge is 0.123 e. The molecule has 0 unspecified atom stereocenters. The van der Waals surface area contributed by atoms with Crippen LogP contribution in [0.15, 0.2) is 48.5 Å². The molecule has 4 heteroatoms. The van der Waals surface area contributed by atoms with E-state index in [0.29, 0.717) is 0 Å². The number of halogens is 1. The van der Waals surface area contributed by atoms with Gasteiger partial charge in [-0.2, -0.15) is 5.26 Å². The molecule has 2 aromatic rings. The molecule has 0 bridgehead atoms. The first kappa shape index (κ1) is 18.4. The number of ether oxygens (including phenoxy) is 1. The van der Waals surface area contributed by atoms with Crippen molar-refractivity contribution in [1.29, 1.82) is 5.26 Å². The third kappa shape index (κ3) is 4.23. The maximum Gasteiger partial charge on any atom is 0.123 e. The first-order valence-corrected chi connectivity index (χ1v) is 9.16. The van der Waals surface area contributed by atoms with E-state index in [9.17, 15) is 9.65 Å². The molecule has 26 heavy (non-hydrogen) atoms. The minimum atomic E-state index is -0.582. The van der Waals surface area contributed by atoms with Crippen LogP contribution in [-0.4, -0.2) is 24.1 Å². The lowest BCUT2D eigenvalue weighted by Gasteiger charge is -2.37. The summed E-state index contributed by atoms with van der Waals surface area (Å²) in [6.07, 6.45) is 1.59. The number of hydrogen-bond donors (Lipinski definition) is 0. The van der Waals surface area contributed by atoms with Gasteiger partial charge >= 0.3 is 0 Å². The summed E-state index contributed by atoms with van der Waals surface area (Å²) in [5.74, 6) is 0.613. The molecule has 0 radical (unpaired) electrons. The third-order valence-electron chi connectivity index (χ3n) is 4.98. The molecule has 0 amide bonds. The van der Waals surface area contributed by atoms with Crippen molar-refractivity contribution in [2.75, 3.05) is 13.1 Å². The molecule has 1 fully saturated rings. The third-order valence-corrected chi connectivity index (χ3v) is 4.98. The number of hydrogen-bond acceptors (Lipinski definition) is 3. The Morgan fingerprint density at radius 3 is 2.54 bits per heavy atom. The van der Waals surface area contributed by atoms with E-state index in [-0.39, 0.29) is 11.9 Å². The molecule has 0 aromatic heterocycles. The fourth-order valence-electron chi connectivity index (χ4n) is 3.59. The second kappa shape index (κ2) is 7.88. The molecule has 0 saturated carbocycles. The highest BCUT2D eigenvalue weighted by atomic mass is 19.1. The molecule has 0 aliphatic carbocycles. The summed E-state index contributed by atoms with van der Waals surface area (Å²) in [7, 11) is 0. The van der Waals surface area contributed by atoms with E-state index in [0.717, 1.165) is 43.8 Å². The van der Waals surface area contributed by atoms with E-state index in [4.69, 9.17) is 4.74 Å². The highest BCUT2D eigenvalue weighted by Gasteiger charge is 2.36. The van der Waals surface area contributed by atoms with Crippen LogP contribution in [0.25, 0.3) is 0 Å². The number of nitriles is 1. The lowest BCUT2D eigenvalue weighted by atomic mass is 9.74. The Labute approximate surface area is 155 Å². The Hall–Kier alpha value is -2.38. The molecule has 1 saturated heterocycles. The molecule has 0 N–H and O–H groups in total. The van der Waals surface area contributed by atoms with E-state index < -0.39 is 5.41 Å². The Kier molecular flexibility index (Phi) is 5.58. The Morgan fingerprint density at radius 2 is 1.88 bits per heavy atom. The molecule has 1 aliphatic heterocycles. The van der Waals surface area contributed by atoms with Crippen molar-refractivity contribution in [2.45, 2.75) is 44.8 Å². The van der Waals surface area contributed by atoms with Gasteiger partial charge in [-0.3, -0.25) is 4.90 Å². The largest absolute Gasteiger partial charge is 0.491 e. The zero-order valence-electron chi connectivity index (χ0n) is 15.4. The number of rotatable bonds is 5. The maximum atomic E-state index is 13.6. The molecule has 0 atom stereocenters. The lowest BCUT2D eigenvalue weighted by molar-refractivity contribution is 0.178. The van der Waals surface area contributed by atoms with Gasteiger partial charge in [-0.15, -0.1) is 0 Å². The van der Waals surface area contributed by atoms with Crippen molar-refractivity contribution in [3.8, 4) is 11.8 Å². The molecule has 1 heterocycles. The van der Waals surface area contributed by atoms with Crippen LogP contribution in [0.1, 0.15) is 37.8 Å². The Bertz CT molecular complexity index is 789. The quantitative estimate of drug-likeness (QED) is 0.784. The lowest BCUT2D eigenvalue weighted by Crippen LogP contribution is -2.41. The fraction of sp³-hybridized carbons (Fsp3) is 0.409. The summed E-state index contributed by atoms with van der Waals surface area (Å²) >= 11 is 0. The topological polar surface area (TPSA) is 36.3 Å². The fourth-order valence-corrected chi connectivity index (χ4v) is 3.59. The average Bonchev–Trinajstić information content (AvgIpc) is 2.62. The van der Waals surface area contributed by atoms with Gasteiger partial charge in [0.25, 0.3) is 0 Å². The minimum Gasteiger partial charge on any atom is -0.491 e. The normalized spacial score (nSPS) is 17.0. The summed E-state index contributed by atoms with van der Waals surface area (Å²) < 4.78 is 19.4. The first-order valence-electron chi connectivity index (χ1n) is 9.16. The van der Waals surface area contributed by atoms with Crippen molar-refractivity contribution >= 4 is 0 Å². The molecule has 3 nitrogen and oxygen atoms in total. The zero-order valence-corrected chi connectivity index (χ0v) is 15.4. The highest BCUT2D eigenvalue weighted by molar-refractivity contribution is 5.34. The van der Waals surface area contributed by atoms with E-state index in [1.165, 1.54) is 17.7 Å². The van der Waals surface area contributed by atoms with E-state index >= 15 is 0 Å². The van der Waals surface area contributed by atoms with Gasteiger partial charge in [-0.25, -0.2) is 4.39 Å². The number of benzene rings is 2. The summed E-state index contributed by atoms with van der Waals surface area (Å²) in [5, 5.41) is 9.77. The summed E-state index contributed by atoms with van der Waals surface area (Å²) in [4.78, 5) is 2.35. The Balaban J connectivity index is 1.66. The van der Waals surface area contributed by atoms with Crippen LogP contribution in [0.4, 0.5) is 4.39 Å². The van der Waals surface area contributed by atoms with Crippen LogP contribution >= 0.6 is 0 Å². The van der Waals surface area contributed by atoms with Gasteiger partial charge in [0, 0.05) is 19.6 Å². The predicted molar refractivity (Wildman–Crippen MR) is 100 cm³/mol. The highest BCUT2D eigenvalue weighted by Crippen LogP contribution is 2.35. The van der Waals surface area contributed by atoms with E-state index in [1.54, 1.807) is 6.07 Å². The zero-order chi connectivity index (χ0) is 18.6. The Morgan fingerprint density at radius 1 is 1.15 bits per heavy atom. The van der Waals surface area contributed by atoms with Crippen molar-refractivity contribution in [2.24, 2.45) is 0 Å². The van der Waals surface area contributed by atoms with Crippen LogP contribution in [0.3, 0.4) is 0 Å². The van der Waals surface area contributed by atoms with Crippen LogP contribution in [0.5, 0.6) is 5.75 Å². The van der Waals surface area contributed by atoms with Crippen LogP contribution in [0, 0.1) is 17.1 Å². The molecule has 0 spiro atoms. The SMILES string of the molecule is CC(C)Oc1cccc(CN2CCC(C#N)(c3cccc(F)c3)CC2)c1.